The van der Waals surface area contributed by atoms with Crippen LogP contribution in [0, 0.1) is 5.92 Å². The highest BCUT2D eigenvalue weighted by molar-refractivity contribution is 9.10. The lowest BCUT2D eigenvalue weighted by Crippen LogP contribution is -2.18. The van der Waals surface area contributed by atoms with Gasteiger partial charge in [-0.15, -0.1) is 0 Å². The number of hydrogen-bond acceptors (Lipinski definition) is 2. The minimum Gasteiger partial charge on any atom is -0.453 e. The normalized spacial score (nSPS) is 11.0. The van der Waals surface area contributed by atoms with Gasteiger partial charge >= 0.3 is 0 Å². The Morgan fingerprint density at radius 2 is 2.25 bits per heavy atom. The smallest absolute Gasteiger partial charge is 0.169 e. The van der Waals surface area contributed by atoms with E-state index in [2.05, 4.69) is 35.1 Å². The molecular formula is C9H14BrNO. The maximum absolute atomic E-state index is 5.32. The summed E-state index contributed by atoms with van der Waals surface area (Å²) in [6.45, 7) is 6.21. The van der Waals surface area contributed by atoms with Gasteiger partial charge in [-0.25, -0.2) is 0 Å². The molecule has 0 saturated heterocycles. The van der Waals surface area contributed by atoms with Crippen LogP contribution in [0.25, 0.3) is 0 Å². The molecule has 0 aliphatic rings. The average molecular weight is 232 g/mol. The summed E-state index contributed by atoms with van der Waals surface area (Å²) in [7, 11) is 0. The van der Waals surface area contributed by atoms with Gasteiger partial charge in [0, 0.05) is 0 Å². The molecule has 0 atom stereocenters. The third-order valence-corrected chi connectivity index (χ3v) is 1.91. The topological polar surface area (TPSA) is 25.2 Å². The molecule has 1 N–H and O–H groups in total. The predicted octanol–water partition coefficient (Wildman–Crippen LogP) is 2.79. The maximum atomic E-state index is 5.32. The number of halogens is 1. The van der Waals surface area contributed by atoms with Gasteiger partial charge in [0.2, 0.25) is 0 Å². The van der Waals surface area contributed by atoms with Crippen molar-refractivity contribution in [2.24, 2.45) is 5.92 Å². The summed E-state index contributed by atoms with van der Waals surface area (Å²) >= 11 is 3.26. The van der Waals surface area contributed by atoms with Gasteiger partial charge in [-0.2, -0.15) is 0 Å². The SMILES string of the molecule is CC(C)CNCc1ccc(Br)o1. The highest BCUT2D eigenvalue weighted by Crippen LogP contribution is 2.13. The van der Waals surface area contributed by atoms with Crippen molar-refractivity contribution in [2.75, 3.05) is 6.54 Å². The predicted molar refractivity (Wildman–Crippen MR) is 53.0 cm³/mol. The van der Waals surface area contributed by atoms with Crippen molar-refractivity contribution in [1.82, 2.24) is 5.32 Å². The number of hydrogen-bond donors (Lipinski definition) is 1. The summed E-state index contributed by atoms with van der Waals surface area (Å²) in [5.74, 6) is 1.66. The molecular weight excluding hydrogens is 218 g/mol. The van der Waals surface area contributed by atoms with Crippen LogP contribution in [0.3, 0.4) is 0 Å². The zero-order valence-electron chi connectivity index (χ0n) is 7.43. The van der Waals surface area contributed by atoms with Crippen molar-refractivity contribution in [3.63, 3.8) is 0 Å². The molecule has 1 rings (SSSR count). The van der Waals surface area contributed by atoms with E-state index in [9.17, 15) is 0 Å². The van der Waals surface area contributed by atoms with E-state index < -0.39 is 0 Å². The lowest BCUT2D eigenvalue weighted by Gasteiger charge is -2.04. The first kappa shape index (κ1) is 9.81. The lowest BCUT2D eigenvalue weighted by atomic mass is 10.2. The number of nitrogens with one attached hydrogen (secondary N) is 1. The van der Waals surface area contributed by atoms with Gasteiger partial charge < -0.3 is 9.73 Å². The van der Waals surface area contributed by atoms with Crippen molar-refractivity contribution in [3.05, 3.63) is 22.6 Å². The van der Waals surface area contributed by atoms with E-state index in [0.29, 0.717) is 5.92 Å². The Morgan fingerprint density at radius 1 is 1.50 bits per heavy atom. The molecule has 0 unspecified atom stereocenters. The molecule has 0 aliphatic heterocycles. The van der Waals surface area contributed by atoms with E-state index in [4.69, 9.17) is 4.42 Å². The summed E-state index contributed by atoms with van der Waals surface area (Å²) in [4.78, 5) is 0. The van der Waals surface area contributed by atoms with E-state index in [1.807, 2.05) is 12.1 Å². The van der Waals surface area contributed by atoms with Crippen molar-refractivity contribution in [2.45, 2.75) is 20.4 Å². The summed E-state index contributed by atoms with van der Waals surface area (Å²) in [6, 6.07) is 3.88. The highest BCUT2D eigenvalue weighted by atomic mass is 79.9. The van der Waals surface area contributed by atoms with Gasteiger partial charge in [0.15, 0.2) is 4.67 Å². The molecule has 0 amide bonds. The van der Waals surface area contributed by atoms with E-state index in [1.54, 1.807) is 0 Å². The highest BCUT2D eigenvalue weighted by Gasteiger charge is 1.98. The molecule has 2 nitrogen and oxygen atoms in total. The van der Waals surface area contributed by atoms with Gasteiger partial charge in [-0.1, -0.05) is 13.8 Å². The summed E-state index contributed by atoms with van der Waals surface area (Å²) in [5.41, 5.74) is 0. The Bertz CT molecular complexity index is 232. The van der Waals surface area contributed by atoms with Crippen LogP contribution in [-0.4, -0.2) is 6.54 Å². The van der Waals surface area contributed by atoms with Crippen LogP contribution < -0.4 is 5.32 Å². The maximum Gasteiger partial charge on any atom is 0.169 e. The molecule has 12 heavy (non-hydrogen) atoms. The van der Waals surface area contributed by atoms with Gasteiger partial charge in [-0.3, -0.25) is 0 Å². The largest absolute Gasteiger partial charge is 0.453 e. The molecule has 1 aromatic heterocycles. The fourth-order valence-electron chi connectivity index (χ4n) is 0.931. The first-order valence-corrected chi connectivity index (χ1v) is 4.92. The minimum absolute atomic E-state index is 0.684. The van der Waals surface area contributed by atoms with Crippen LogP contribution in [0.4, 0.5) is 0 Å². The molecule has 0 fully saturated rings. The molecule has 1 heterocycles. The zero-order chi connectivity index (χ0) is 8.97. The van der Waals surface area contributed by atoms with Crippen molar-refractivity contribution in [1.29, 1.82) is 0 Å². The van der Waals surface area contributed by atoms with Crippen molar-refractivity contribution < 1.29 is 4.42 Å². The quantitative estimate of drug-likeness (QED) is 0.863. The van der Waals surface area contributed by atoms with E-state index in [0.717, 1.165) is 23.5 Å². The van der Waals surface area contributed by atoms with E-state index >= 15 is 0 Å². The molecule has 0 aliphatic carbocycles. The van der Waals surface area contributed by atoms with Gasteiger partial charge in [0.1, 0.15) is 5.76 Å². The Balaban J connectivity index is 2.24. The summed E-state index contributed by atoms with van der Waals surface area (Å²) < 4.78 is 6.11. The van der Waals surface area contributed by atoms with Gasteiger partial charge in [-0.05, 0) is 40.5 Å². The lowest BCUT2D eigenvalue weighted by molar-refractivity contribution is 0.451. The summed E-state index contributed by atoms with van der Waals surface area (Å²) in [6.07, 6.45) is 0. The standard InChI is InChI=1S/C9H14BrNO/c1-7(2)5-11-6-8-3-4-9(10)12-8/h3-4,7,11H,5-6H2,1-2H3. The molecule has 68 valence electrons. The Morgan fingerprint density at radius 3 is 2.75 bits per heavy atom. The first-order chi connectivity index (χ1) is 5.68. The first-order valence-electron chi connectivity index (χ1n) is 4.13. The Hall–Kier alpha value is -0.280. The van der Waals surface area contributed by atoms with Crippen molar-refractivity contribution >= 4 is 15.9 Å². The van der Waals surface area contributed by atoms with Crippen LogP contribution >= 0.6 is 15.9 Å². The third kappa shape index (κ3) is 3.41. The third-order valence-electron chi connectivity index (χ3n) is 1.48. The average Bonchev–Trinajstić information content (AvgIpc) is 2.35. The molecule has 0 aromatic carbocycles. The van der Waals surface area contributed by atoms with E-state index in [-0.39, 0.29) is 0 Å². The van der Waals surface area contributed by atoms with Crippen LogP contribution in [0.5, 0.6) is 0 Å². The minimum atomic E-state index is 0.684. The van der Waals surface area contributed by atoms with E-state index in [1.165, 1.54) is 0 Å². The molecule has 0 saturated carbocycles. The monoisotopic (exact) mass is 231 g/mol. The number of furan rings is 1. The number of rotatable bonds is 4. The fraction of sp³-hybridized carbons (Fsp3) is 0.556. The second-order valence-electron chi connectivity index (χ2n) is 3.23. The fourth-order valence-corrected chi connectivity index (χ4v) is 1.27. The second-order valence-corrected chi connectivity index (χ2v) is 4.01. The van der Waals surface area contributed by atoms with Crippen LogP contribution in [0.2, 0.25) is 0 Å². The van der Waals surface area contributed by atoms with Crippen LogP contribution in [-0.2, 0) is 6.54 Å². The second kappa shape index (κ2) is 4.67. The molecule has 0 spiro atoms. The molecule has 0 bridgehead atoms. The van der Waals surface area contributed by atoms with Crippen molar-refractivity contribution in [3.8, 4) is 0 Å². The Kier molecular flexibility index (Phi) is 3.82. The van der Waals surface area contributed by atoms with Crippen LogP contribution in [0.15, 0.2) is 21.2 Å². The van der Waals surface area contributed by atoms with Gasteiger partial charge in [0.05, 0.1) is 6.54 Å². The Labute approximate surface area is 81.5 Å². The molecule has 3 heteroatoms. The summed E-state index contributed by atoms with van der Waals surface area (Å²) in [5, 5.41) is 3.30. The van der Waals surface area contributed by atoms with Gasteiger partial charge in [0.25, 0.3) is 0 Å². The molecule has 1 aromatic rings. The zero-order valence-corrected chi connectivity index (χ0v) is 9.02. The molecule has 0 radical (unpaired) electrons. The van der Waals surface area contributed by atoms with Crippen LogP contribution in [0.1, 0.15) is 19.6 Å².